The molecule has 1 aliphatic rings. The van der Waals surface area contributed by atoms with E-state index in [4.69, 9.17) is 9.26 Å². The molecule has 0 aliphatic carbocycles. The molecule has 5 nitrogen and oxygen atoms in total. The Morgan fingerprint density at radius 1 is 1.29 bits per heavy atom. The molecule has 0 fully saturated rings. The number of fused-ring (bicyclic) bond motifs is 2. The van der Waals surface area contributed by atoms with E-state index < -0.39 is 0 Å². The second-order valence-corrected chi connectivity index (χ2v) is 6.01. The van der Waals surface area contributed by atoms with Gasteiger partial charge in [0.05, 0.1) is 12.3 Å². The maximum Gasteiger partial charge on any atom is 0.225 e. The van der Waals surface area contributed by atoms with E-state index in [-0.39, 0.29) is 11.8 Å². The first-order valence-corrected chi connectivity index (χ1v) is 8.08. The summed E-state index contributed by atoms with van der Waals surface area (Å²) in [5.74, 6) is 0.800. The average Bonchev–Trinajstić information content (AvgIpc) is 2.95. The van der Waals surface area contributed by atoms with Gasteiger partial charge in [-0.15, -0.1) is 0 Å². The van der Waals surface area contributed by atoms with Crippen molar-refractivity contribution in [1.29, 1.82) is 0 Å². The van der Waals surface area contributed by atoms with Crippen molar-refractivity contribution in [3.8, 4) is 5.75 Å². The third kappa shape index (κ3) is 2.42. The Morgan fingerprint density at radius 2 is 2.17 bits per heavy atom. The number of nitrogens with zero attached hydrogens (tertiary/aromatic N) is 1. The molecule has 0 saturated carbocycles. The highest BCUT2D eigenvalue weighted by molar-refractivity contribution is 5.96. The van der Waals surface area contributed by atoms with Crippen LogP contribution in [-0.4, -0.2) is 17.7 Å². The largest absolute Gasteiger partial charge is 0.494 e. The number of amides is 1. The van der Waals surface area contributed by atoms with Gasteiger partial charge < -0.3 is 14.6 Å². The Balaban J connectivity index is 1.80. The fraction of sp³-hybridized carbons (Fsp3) is 0.263. The summed E-state index contributed by atoms with van der Waals surface area (Å²) in [5.41, 5.74) is 4.65. The summed E-state index contributed by atoms with van der Waals surface area (Å²) >= 11 is 0. The first-order chi connectivity index (χ1) is 11.7. The lowest BCUT2D eigenvalue weighted by Crippen LogP contribution is -2.23. The zero-order valence-corrected chi connectivity index (χ0v) is 13.6. The standard InChI is InChI=1S/C19H18N2O3/c1-3-23-13-5-6-14-16(10-19(22)20-17(14)9-13)12-4-7-18-15(8-12)11(2)21-24-18/h4-9,16H,3,10H2,1-2H3,(H,20,22). The van der Waals surface area contributed by atoms with E-state index in [0.717, 1.165) is 39.2 Å². The van der Waals surface area contributed by atoms with Gasteiger partial charge >= 0.3 is 0 Å². The highest BCUT2D eigenvalue weighted by Gasteiger charge is 2.27. The maximum atomic E-state index is 12.2. The van der Waals surface area contributed by atoms with Gasteiger partial charge in [-0.1, -0.05) is 17.3 Å². The molecular weight excluding hydrogens is 304 g/mol. The molecule has 4 rings (SSSR count). The van der Waals surface area contributed by atoms with E-state index in [1.807, 2.05) is 44.2 Å². The van der Waals surface area contributed by atoms with E-state index in [1.54, 1.807) is 0 Å². The smallest absolute Gasteiger partial charge is 0.225 e. The molecule has 3 aromatic rings. The molecule has 1 amide bonds. The van der Waals surface area contributed by atoms with Crippen molar-refractivity contribution < 1.29 is 14.1 Å². The number of ether oxygens (including phenoxy) is 1. The predicted octanol–water partition coefficient (Wildman–Crippen LogP) is 4.01. The molecule has 122 valence electrons. The van der Waals surface area contributed by atoms with E-state index in [2.05, 4.69) is 16.5 Å². The van der Waals surface area contributed by atoms with Crippen molar-refractivity contribution in [1.82, 2.24) is 5.16 Å². The lowest BCUT2D eigenvalue weighted by molar-refractivity contribution is -0.116. The Kier molecular flexibility index (Phi) is 3.49. The van der Waals surface area contributed by atoms with Crippen LogP contribution in [0.25, 0.3) is 11.0 Å². The highest BCUT2D eigenvalue weighted by Crippen LogP contribution is 2.39. The molecule has 1 atom stereocenters. The molecule has 1 N–H and O–H groups in total. The molecule has 24 heavy (non-hydrogen) atoms. The monoisotopic (exact) mass is 322 g/mol. The summed E-state index contributed by atoms with van der Waals surface area (Å²) in [5, 5.41) is 7.95. The van der Waals surface area contributed by atoms with Gasteiger partial charge in [0.15, 0.2) is 5.58 Å². The first kappa shape index (κ1) is 14.8. The van der Waals surface area contributed by atoms with Crippen molar-refractivity contribution in [2.75, 3.05) is 11.9 Å². The second kappa shape index (κ2) is 5.67. The highest BCUT2D eigenvalue weighted by atomic mass is 16.5. The Labute approximate surface area is 139 Å². The number of benzene rings is 2. The van der Waals surface area contributed by atoms with Gasteiger partial charge in [-0.25, -0.2) is 0 Å². The molecule has 1 unspecified atom stereocenters. The number of hydrogen-bond acceptors (Lipinski definition) is 4. The maximum absolute atomic E-state index is 12.2. The average molecular weight is 322 g/mol. The Hall–Kier alpha value is -2.82. The number of aryl methyl sites for hydroxylation is 1. The molecule has 0 spiro atoms. The number of rotatable bonds is 3. The normalized spacial score (nSPS) is 16.8. The van der Waals surface area contributed by atoms with Crippen LogP contribution < -0.4 is 10.1 Å². The summed E-state index contributed by atoms with van der Waals surface area (Å²) in [7, 11) is 0. The van der Waals surface area contributed by atoms with E-state index in [1.165, 1.54) is 0 Å². The summed E-state index contributed by atoms with van der Waals surface area (Å²) in [6.07, 6.45) is 0.427. The second-order valence-electron chi connectivity index (χ2n) is 6.01. The quantitative estimate of drug-likeness (QED) is 0.791. The number of carbonyl (C=O) groups is 1. The van der Waals surface area contributed by atoms with Crippen LogP contribution in [0, 0.1) is 6.92 Å². The molecule has 0 radical (unpaired) electrons. The molecule has 2 aromatic carbocycles. The molecule has 2 heterocycles. The Morgan fingerprint density at radius 3 is 3.00 bits per heavy atom. The van der Waals surface area contributed by atoms with Gasteiger partial charge in [0.25, 0.3) is 0 Å². The van der Waals surface area contributed by atoms with Crippen LogP contribution in [0.15, 0.2) is 40.9 Å². The van der Waals surface area contributed by atoms with Crippen LogP contribution in [0.2, 0.25) is 0 Å². The van der Waals surface area contributed by atoms with Crippen molar-refractivity contribution in [3.05, 3.63) is 53.2 Å². The van der Waals surface area contributed by atoms with Crippen LogP contribution in [0.4, 0.5) is 5.69 Å². The third-order valence-electron chi connectivity index (χ3n) is 4.45. The molecular formula is C19H18N2O3. The fourth-order valence-corrected chi connectivity index (χ4v) is 3.29. The molecule has 5 heteroatoms. The zero-order valence-electron chi connectivity index (χ0n) is 13.6. The van der Waals surface area contributed by atoms with Gasteiger partial charge in [0.1, 0.15) is 5.75 Å². The summed E-state index contributed by atoms with van der Waals surface area (Å²) in [6.45, 7) is 4.46. The van der Waals surface area contributed by atoms with E-state index in [0.29, 0.717) is 13.0 Å². The summed E-state index contributed by atoms with van der Waals surface area (Å²) < 4.78 is 10.8. The van der Waals surface area contributed by atoms with Gasteiger partial charge in [-0.2, -0.15) is 0 Å². The topological polar surface area (TPSA) is 64.4 Å². The van der Waals surface area contributed by atoms with Gasteiger partial charge in [-0.05, 0) is 43.2 Å². The van der Waals surface area contributed by atoms with Gasteiger partial charge in [0.2, 0.25) is 5.91 Å². The number of nitrogens with one attached hydrogen (secondary N) is 1. The number of hydrogen-bond donors (Lipinski definition) is 1. The molecule has 0 saturated heterocycles. The van der Waals surface area contributed by atoms with Crippen LogP contribution in [0.5, 0.6) is 5.75 Å². The van der Waals surface area contributed by atoms with Crippen molar-refractivity contribution in [2.45, 2.75) is 26.2 Å². The minimum Gasteiger partial charge on any atom is -0.494 e. The molecule has 0 bridgehead atoms. The van der Waals surface area contributed by atoms with Gasteiger partial charge in [0, 0.05) is 29.5 Å². The third-order valence-corrected chi connectivity index (χ3v) is 4.45. The number of carbonyl (C=O) groups excluding carboxylic acids is 1. The van der Waals surface area contributed by atoms with Crippen LogP contribution in [0.3, 0.4) is 0 Å². The SMILES string of the molecule is CCOc1ccc2c(c1)NC(=O)CC2c1ccc2onc(C)c2c1. The Bertz CT molecular complexity index is 930. The van der Waals surface area contributed by atoms with Crippen molar-refractivity contribution in [2.24, 2.45) is 0 Å². The molecule has 1 aliphatic heterocycles. The summed E-state index contributed by atoms with van der Waals surface area (Å²) in [4.78, 5) is 12.2. The lowest BCUT2D eigenvalue weighted by atomic mass is 9.84. The molecule has 1 aromatic heterocycles. The minimum atomic E-state index is 0.0168. The number of anilines is 1. The van der Waals surface area contributed by atoms with Crippen molar-refractivity contribution >= 4 is 22.6 Å². The van der Waals surface area contributed by atoms with E-state index >= 15 is 0 Å². The van der Waals surface area contributed by atoms with Crippen LogP contribution in [0.1, 0.15) is 36.1 Å². The van der Waals surface area contributed by atoms with Gasteiger partial charge in [-0.3, -0.25) is 4.79 Å². The lowest BCUT2D eigenvalue weighted by Gasteiger charge is -2.26. The van der Waals surface area contributed by atoms with E-state index in [9.17, 15) is 4.79 Å². The zero-order chi connectivity index (χ0) is 16.7. The summed E-state index contributed by atoms with van der Waals surface area (Å²) in [6, 6.07) is 11.9. The fourth-order valence-electron chi connectivity index (χ4n) is 3.29. The van der Waals surface area contributed by atoms with Crippen LogP contribution in [-0.2, 0) is 4.79 Å². The number of aromatic nitrogens is 1. The predicted molar refractivity (Wildman–Crippen MR) is 91.4 cm³/mol. The first-order valence-electron chi connectivity index (χ1n) is 8.08. The van der Waals surface area contributed by atoms with Crippen LogP contribution >= 0.6 is 0 Å². The van der Waals surface area contributed by atoms with Crippen molar-refractivity contribution in [3.63, 3.8) is 0 Å². The minimum absolute atomic E-state index is 0.0168.